The van der Waals surface area contributed by atoms with Crippen LogP contribution in [0.3, 0.4) is 0 Å². The van der Waals surface area contributed by atoms with Crippen LogP contribution in [0.4, 0.5) is 5.69 Å². The van der Waals surface area contributed by atoms with Crippen LogP contribution in [0.2, 0.25) is 0 Å². The SMILES string of the molecule is CCC1Oc2cc(C(C)C)c(C(=O)CCC(=O)O)cc2NC1=O. The molecule has 6 heteroatoms. The van der Waals surface area contributed by atoms with Crippen LogP contribution in [0.1, 0.15) is 61.9 Å². The molecule has 1 aromatic carbocycles. The number of hydrogen-bond acceptors (Lipinski definition) is 4. The predicted molar refractivity (Wildman–Crippen MR) is 85.1 cm³/mol. The van der Waals surface area contributed by atoms with Gasteiger partial charge in [0.2, 0.25) is 0 Å². The number of rotatable bonds is 6. The average Bonchev–Trinajstić information content (AvgIpc) is 2.50. The predicted octanol–water partition coefficient (Wildman–Crippen LogP) is 2.97. The topological polar surface area (TPSA) is 92.7 Å². The molecule has 0 saturated carbocycles. The molecule has 1 aliphatic heterocycles. The molecule has 0 fully saturated rings. The smallest absolute Gasteiger partial charge is 0.303 e. The molecule has 23 heavy (non-hydrogen) atoms. The molecule has 1 atom stereocenters. The van der Waals surface area contributed by atoms with Crippen molar-refractivity contribution in [1.29, 1.82) is 0 Å². The number of aliphatic carboxylic acids is 1. The van der Waals surface area contributed by atoms with Crippen molar-refractivity contribution in [2.75, 3.05) is 5.32 Å². The Morgan fingerprint density at radius 1 is 1.30 bits per heavy atom. The molecule has 1 heterocycles. The molecule has 1 amide bonds. The van der Waals surface area contributed by atoms with Crippen molar-refractivity contribution in [3.8, 4) is 5.75 Å². The van der Waals surface area contributed by atoms with Gasteiger partial charge in [0.25, 0.3) is 5.91 Å². The van der Waals surface area contributed by atoms with Crippen LogP contribution < -0.4 is 10.1 Å². The number of fused-ring (bicyclic) bond motifs is 1. The minimum absolute atomic E-state index is 0.0692. The van der Waals surface area contributed by atoms with Crippen molar-refractivity contribution < 1.29 is 24.2 Å². The molecular formula is C17H21NO5. The summed E-state index contributed by atoms with van der Waals surface area (Å²) in [4.78, 5) is 34.9. The van der Waals surface area contributed by atoms with E-state index >= 15 is 0 Å². The highest BCUT2D eigenvalue weighted by molar-refractivity contribution is 6.03. The van der Waals surface area contributed by atoms with Crippen molar-refractivity contribution in [3.63, 3.8) is 0 Å². The number of ether oxygens (including phenoxy) is 1. The van der Waals surface area contributed by atoms with E-state index in [0.717, 1.165) is 5.56 Å². The summed E-state index contributed by atoms with van der Waals surface area (Å²) in [7, 11) is 0. The maximum atomic E-state index is 12.3. The molecule has 1 aliphatic rings. The lowest BCUT2D eigenvalue weighted by Gasteiger charge is -2.27. The third-order valence-electron chi connectivity index (χ3n) is 3.83. The zero-order valence-electron chi connectivity index (χ0n) is 13.5. The second-order valence-corrected chi connectivity index (χ2v) is 5.91. The third-order valence-corrected chi connectivity index (χ3v) is 3.83. The first kappa shape index (κ1) is 17.0. The summed E-state index contributed by atoms with van der Waals surface area (Å²) in [5.74, 6) is -0.864. The van der Waals surface area contributed by atoms with Crippen molar-refractivity contribution in [1.82, 2.24) is 0 Å². The quantitative estimate of drug-likeness (QED) is 0.786. The second-order valence-electron chi connectivity index (χ2n) is 5.91. The molecule has 0 aliphatic carbocycles. The van der Waals surface area contributed by atoms with Gasteiger partial charge < -0.3 is 15.2 Å². The zero-order valence-corrected chi connectivity index (χ0v) is 13.5. The molecule has 2 N–H and O–H groups in total. The van der Waals surface area contributed by atoms with E-state index in [4.69, 9.17) is 9.84 Å². The van der Waals surface area contributed by atoms with Crippen molar-refractivity contribution in [2.45, 2.75) is 52.1 Å². The van der Waals surface area contributed by atoms with Gasteiger partial charge in [-0.25, -0.2) is 0 Å². The molecular weight excluding hydrogens is 298 g/mol. The number of Topliss-reactive ketones (excluding diaryl/α,β-unsaturated/α-hetero) is 1. The second kappa shape index (κ2) is 6.81. The van der Waals surface area contributed by atoms with E-state index in [2.05, 4.69) is 5.32 Å². The number of benzene rings is 1. The van der Waals surface area contributed by atoms with Crippen LogP contribution in [0.15, 0.2) is 12.1 Å². The Kier molecular flexibility index (Phi) is 5.03. The Hall–Kier alpha value is -2.37. The normalized spacial score (nSPS) is 16.5. The highest BCUT2D eigenvalue weighted by Crippen LogP contribution is 2.36. The van der Waals surface area contributed by atoms with Gasteiger partial charge >= 0.3 is 5.97 Å². The molecule has 1 aromatic rings. The van der Waals surface area contributed by atoms with Crippen LogP contribution in [0, 0.1) is 0 Å². The molecule has 0 radical (unpaired) electrons. The van der Waals surface area contributed by atoms with Crippen molar-refractivity contribution in [2.24, 2.45) is 0 Å². The van der Waals surface area contributed by atoms with E-state index in [-0.39, 0.29) is 30.4 Å². The summed E-state index contributed by atoms with van der Waals surface area (Å²) < 4.78 is 5.70. The Morgan fingerprint density at radius 3 is 2.57 bits per heavy atom. The lowest BCUT2D eigenvalue weighted by atomic mass is 9.91. The van der Waals surface area contributed by atoms with Gasteiger partial charge in [-0.05, 0) is 30.0 Å². The Balaban J connectivity index is 2.39. The number of carbonyl (C=O) groups excluding carboxylic acids is 2. The van der Waals surface area contributed by atoms with E-state index < -0.39 is 12.1 Å². The van der Waals surface area contributed by atoms with Crippen molar-refractivity contribution >= 4 is 23.3 Å². The van der Waals surface area contributed by atoms with Crippen molar-refractivity contribution in [3.05, 3.63) is 23.3 Å². The molecule has 124 valence electrons. The first-order chi connectivity index (χ1) is 10.8. The number of nitrogens with one attached hydrogen (secondary N) is 1. The highest BCUT2D eigenvalue weighted by Gasteiger charge is 2.28. The van der Waals surface area contributed by atoms with Crippen LogP contribution in [-0.4, -0.2) is 28.9 Å². The van der Waals surface area contributed by atoms with Gasteiger partial charge in [-0.2, -0.15) is 0 Å². The molecule has 0 aromatic heterocycles. The fraction of sp³-hybridized carbons (Fsp3) is 0.471. The van der Waals surface area contributed by atoms with Gasteiger partial charge in [-0.15, -0.1) is 0 Å². The summed E-state index contributed by atoms with van der Waals surface area (Å²) in [5, 5.41) is 11.5. The summed E-state index contributed by atoms with van der Waals surface area (Å²) in [6, 6.07) is 3.37. The standard InChI is InChI=1S/C17H21NO5/c1-4-14-17(22)18-12-7-11(13(19)5-6-16(20)21)10(9(2)3)8-15(12)23-14/h7-9,14H,4-6H2,1-3H3,(H,18,22)(H,20,21). The fourth-order valence-electron chi connectivity index (χ4n) is 2.55. The van der Waals surface area contributed by atoms with E-state index in [1.54, 1.807) is 12.1 Å². The minimum Gasteiger partial charge on any atom is -0.481 e. The third kappa shape index (κ3) is 3.70. The molecule has 6 nitrogen and oxygen atoms in total. The maximum Gasteiger partial charge on any atom is 0.303 e. The maximum absolute atomic E-state index is 12.3. The Labute approximate surface area is 134 Å². The fourth-order valence-corrected chi connectivity index (χ4v) is 2.55. The largest absolute Gasteiger partial charge is 0.481 e. The van der Waals surface area contributed by atoms with E-state index in [9.17, 15) is 14.4 Å². The molecule has 0 saturated heterocycles. The first-order valence-corrected chi connectivity index (χ1v) is 7.74. The van der Waals surface area contributed by atoms with Crippen LogP contribution in [-0.2, 0) is 9.59 Å². The number of carboxylic acid groups (broad SMARTS) is 1. The number of hydrogen-bond donors (Lipinski definition) is 2. The van der Waals surface area contributed by atoms with Crippen LogP contribution in [0.5, 0.6) is 5.75 Å². The van der Waals surface area contributed by atoms with Gasteiger partial charge in [0.15, 0.2) is 11.9 Å². The van der Waals surface area contributed by atoms with Gasteiger partial charge in [0.05, 0.1) is 12.1 Å². The summed E-state index contributed by atoms with van der Waals surface area (Å²) in [6.45, 7) is 5.77. The minimum atomic E-state index is -1.01. The number of amides is 1. The van der Waals surface area contributed by atoms with E-state index in [1.165, 1.54) is 0 Å². The highest BCUT2D eigenvalue weighted by atomic mass is 16.5. The van der Waals surface area contributed by atoms with Gasteiger partial charge in [-0.3, -0.25) is 14.4 Å². The number of carbonyl (C=O) groups is 3. The lowest BCUT2D eigenvalue weighted by Crippen LogP contribution is -2.36. The van der Waals surface area contributed by atoms with E-state index in [0.29, 0.717) is 23.4 Å². The molecule has 0 bridgehead atoms. The van der Waals surface area contributed by atoms with Gasteiger partial charge in [0.1, 0.15) is 5.75 Å². The Morgan fingerprint density at radius 2 is 2.00 bits per heavy atom. The number of anilines is 1. The first-order valence-electron chi connectivity index (χ1n) is 7.74. The number of carboxylic acids is 1. The lowest BCUT2D eigenvalue weighted by molar-refractivity contribution is -0.137. The van der Waals surface area contributed by atoms with Crippen LogP contribution in [0.25, 0.3) is 0 Å². The zero-order chi connectivity index (χ0) is 17.1. The van der Waals surface area contributed by atoms with Gasteiger partial charge in [-0.1, -0.05) is 20.8 Å². The average molecular weight is 319 g/mol. The van der Waals surface area contributed by atoms with Crippen LogP contribution >= 0.6 is 0 Å². The molecule has 0 spiro atoms. The molecule has 1 unspecified atom stereocenters. The molecule has 2 rings (SSSR count). The summed E-state index contributed by atoms with van der Waals surface area (Å²) >= 11 is 0. The van der Waals surface area contributed by atoms with E-state index in [1.807, 2.05) is 20.8 Å². The van der Waals surface area contributed by atoms with Gasteiger partial charge in [0, 0.05) is 12.0 Å². The summed E-state index contributed by atoms with van der Waals surface area (Å²) in [5.41, 5.74) is 1.70. The summed E-state index contributed by atoms with van der Waals surface area (Å²) in [6.07, 6.45) is -0.258. The Bertz CT molecular complexity index is 651. The monoisotopic (exact) mass is 319 g/mol. The number of ketones is 1.